The van der Waals surface area contributed by atoms with Crippen LogP contribution in [0.4, 0.5) is 0 Å². The molecule has 1 radical (unpaired) electrons. The Bertz CT molecular complexity index is 420. The molecule has 6 nitrogen and oxygen atoms in total. The second kappa shape index (κ2) is 21.7. The molecule has 0 N–H and O–H groups in total. The van der Waals surface area contributed by atoms with Crippen molar-refractivity contribution in [1.29, 1.82) is 0 Å². The van der Waals surface area contributed by atoms with Gasteiger partial charge in [0.2, 0.25) is 0 Å². The molecule has 0 spiro atoms. The van der Waals surface area contributed by atoms with Crippen molar-refractivity contribution in [2.75, 3.05) is 13.2 Å². The van der Waals surface area contributed by atoms with Gasteiger partial charge in [-0.15, -0.1) is 0 Å². The van der Waals surface area contributed by atoms with E-state index in [1.54, 1.807) is 0 Å². The minimum atomic E-state index is -3.07. The first-order chi connectivity index (χ1) is 13.0. The summed E-state index contributed by atoms with van der Waals surface area (Å²) in [4.78, 5) is 35.0. The summed E-state index contributed by atoms with van der Waals surface area (Å²) in [5, 5.41) is 0. The molecule has 0 aliphatic rings. The van der Waals surface area contributed by atoms with Crippen LogP contribution in [0.1, 0.15) is 97.3 Å². The summed E-state index contributed by atoms with van der Waals surface area (Å²) < 4.78 is 21.4. The van der Waals surface area contributed by atoms with Crippen molar-refractivity contribution < 1.29 is 28.5 Å². The number of unbranched alkanes of at least 4 members (excludes halogenated alkanes) is 10. The van der Waals surface area contributed by atoms with Gasteiger partial charge < -0.3 is 14.4 Å². The Morgan fingerprint density at radius 1 is 0.786 bits per heavy atom. The fourth-order valence-electron chi connectivity index (χ4n) is 2.68. The number of hydrogen-bond acceptors (Lipinski definition) is 6. The quantitative estimate of drug-likeness (QED) is 0.140. The summed E-state index contributed by atoms with van der Waals surface area (Å²) in [7, 11) is -3.07. The SMILES string of the molecule is CCCCCCCCOC(=O)CC(C(=O)OCCCCCCCC)[P+](=O)[O-].[Na]. The van der Waals surface area contributed by atoms with Crippen molar-refractivity contribution in [2.24, 2.45) is 0 Å². The number of esters is 2. The third-order valence-electron chi connectivity index (χ3n) is 4.39. The van der Waals surface area contributed by atoms with Crippen molar-refractivity contribution in [3.8, 4) is 0 Å². The van der Waals surface area contributed by atoms with Gasteiger partial charge in [0.15, 0.2) is 0 Å². The summed E-state index contributed by atoms with van der Waals surface area (Å²) in [6.07, 6.45) is 12.2. The molecule has 0 aliphatic carbocycles. The van der Waals surface area contributed by atoms with E-state index in [0.717, 1.165) is 38.5 Å². The zero-order chi connectivity index (χ0) is 20.3. The molecule has 28 heavy (non-hydrogen) atoms. The molecular weight excluding hydrogens is 390 g/mol. The number of rotatable bonds is 18. The number of carbonyl (C=O) groups excluding carboxylic acids is 2. The topological polar surface area (TPSA) is 92.7 Å². The number of hydrogen-bond donors (Lipinski definition) is 0. The van der Waals surface area contributed by atoms with Crippen LogP contribution in [0, 0.1) is 0 Å². The maximum absolute atomic E-state index is 11.9. The first-order valence-corrected chi connectivity index (χ1v) is 11.7. The molecule has 8 heteroatoms. The zero-order valence-electron chi connectivity index (χ0n) is 18.1. The van der Waals surface area contributed by atoms with Gasteiger partial charge in [0, 0.05) is 29.6 Å². The molecule has 0 amide bonds. The largest absolute Gasteiger partial charge is 0.595 e. The van der Waals surface area contributed by atoms with E-state index >= 15 is 0 Å². The molecule has 0 fully saturated rings. The first-order valence-electron chi connectivity index (χ1n) is 10.5. The van der Waals surface area contributed by atoms with Crippen molar-refractivity contribution in [3.63, 3.8) is 0 Å². The van der Waals surface area contributed by atoms with Gasteiger partial charge >= 0.3 is 20.0 Å². The van der Waals surface area contributed by atoms with Gasteiger partial charge in [-0.25, -0.2) is 4.79 Å². The smallest absolute Gasteiger partial charge is 0.358 e. The minimum Gasteiger partial charge on any atom is -0.595 e. The van der Waals surface area contributed by atoms with Crippen LogP contribution in [-0.2, 0) is 23.6 Å². The molecule has 0 aromatic carbocycles. The van der Waals surface area contributed by atoms with E-state index in [2.05, 4.69) is 13.8 Å². The average Bonchev–Trinajstić information content (AvgIpc) is 2.64. The van der Waals surface area contributed by atoms with Crippen molar-refractivity contribution in [1.82, 2.24) is 0 Å². The van der Waals surface area contributed by atoms with Gasteiger partial charge in [0.05, 0.1) is 13.2 Å². The van der Waals surface area contributed by atoms with Crippen LogP contribution >= 0.6 is 8.03 Å². The Hall–Kier alpha value is 0. The minimum absolute atomic E-state index is 0. The summed E-state index contributed by atoms with van der Waals surface area (Å²) in [5.41, 5.74) is -1.45. The van der Waals surface area contributed by atoms with Gasteiger partial charge in [-0.05, 0) is 12.8 Å². The van der Waals surface area contributed by atoms with E-state index < -0.39 is 32.0 Å². The van der Waals surface area contributed by atoms with Crippen LogP contribution in [0.25, 0.3) is 0 Å². The molecule has 0 aromatic heterocycles. The predicted molar refractivity (Wildman–Crippen MR) is 110 cm³/mol. The van der Waals surface area contributed by atoms with E-state index in [4.69, 9.17) is 9.47 Å². The maximum Gasteiger partial charge on any atom is 0.358 e. The molecule has 0 saturated heterocycles. The number of carbonyl (C=O) groups is 2. The molecular formula is C20H37NaO6P. The molecule has 0 rings (SSSR count). The number of ether oxygens (including phenoxy) is 2. The van der Waals surface area contributed by atoms with Gasteiger partial charge in [0.1, 0.15) is 6.42 Å². The summed E-state index contributed by atoms with van der Waals surface area (Å²) in [6, 6.07) is 0. The van der Waals surface area contributed by atoms with Crippen LogP contribution in [-0.4, -0.2) is 60.4 Å². The van der Waals surface area contributed by atoms with E-state index in [0.29, 0.717) is 6.42 Å². The van der Waals surface area contributed by atoms with E-state index in [1.165, 1.54) is 32.1 Å². The molecule has 2 atom stereocenters. The second-order valence-corrected chi connectivity index (χ2v) is 8.12. The Labute approximate surface area is 193 Å². The van der Waals surface area contributed by atoms with Crippen LogP contribution in [0.15, 0.2) is 0 Å². The maximum atomic E-state index is 11.9. The standard InChI is InChI=1S/C20H37O6P.Na/c1-3-5-7-9-11-13-15-25-19(21)17-18(27(23)24)20(22)26-16-14-12-10-8-6-4-2;/h18H,3-17H2,1-2H3;. The molecule has 2 unspecified atom stereocenters. The first kappa shape index (κ1) is 30.2. The molecule has 0 aromatic rings. The fraction of sp³-hybridized carbons (Fsp3) is 0.900. The normalized spacial score (nSPS) is 12.0. The van der Waals surface area contributed by atoms with Crippen LogP contribution in [0.5, 0.6) is 0 Å². The summed E-state index contributed by atoms with van der Waals surface area (Å²) in [6.45, 7) is 4.75. The Balaban J connectivity index is 0. The van der Waals surface area contributed by atoms with Crippen LogP contribution in [0.2, 0.25) is 0 Å². The summed E-state index contributed by atoms with van der Waals surface area (Å²) in [5.74, 6) is -1.51. The van der Waals surface area contributed by atoms with Crippen molar-refractivity contribution in [2.45, 2.75) is 103 Å². The van der Waals surface area contributed by atoms with Gasteiger partial charge in [-0.3, -0.25) is 4.79 Å². The Kier molecular flexibility index (Phi) is 23.4. The predicted octanol–water partition coefficient (Wildman–Crippen LogP) is 4.27. The summed E-state index contributed by atoms with van der Waals surface area (Å²) >= 11 is 0. The van der Waals surface area contributed by atoms with E-state index in [9.17, 15) is 19.0 Å². The second-order valence-electron chi connectivity index (χ2n) is 6.93. The van der Waals surface area contributed by atoms with Crippen molar-refractivity contribution in [3.05, 3.63) is 0 Å². The third kappa shape index (κ3) is 18.1. The molecule has 0 bridgehead atoms. The van der Waals surface area contributed by atoms with Gasteiger partial charge in [0.25, 0.3) is 5.66 Å². The third-order valence-corrected chi connectivity index (χ3v) is 5.29. The average molecular weight is 427 g/mol. The molecule has 0 aliphatic heterocycles. The monoisotopic (exact) mass is 427 g/mol. The fourth-order valence-corrected chi connectivity index (χ4v) is 3.23. The van der Waals surface area contributed by atoms with E-state index in [1.807, 2.05) is 0 Å². The van der Waals surface area contributed by atoms with Gasteiger partial charge in [-0.2, -0.15) is 0 Å². The Morgan fingerprint density at radius 2 is 1.21 bits per heavy atom. The molecule has 0 saturated carbocycles. The molecule has 159 valence electrons. The molecule has 0 heterocycles. The Morgan fingerprint density at radius 3 is 1.68 bits per heavy atom. The van der Waals surface area contributed by atoms with Crippen LogP contribution < -0.4 is 4.89 Å². The van der Waals surface area contributed by atoms with E-state index in [-0.39, 0.29) is 42.8 Å². The van der Waals surface area contributed by atoms with Gasteiger partial charge in [-0.1, -0.05) is 82.6 Å². The van der Waals surface area contributed by atoms with Crippen LogP contribution in [0.3, 0.4) is 0 Å². The zero-order valence-corrected chi connectivity index (χ0v) is 21.0. The van der Waals surface area contributed by atoms with Crippen molar-refractivity contribution >= 4 is 49.5 Å².